The standard InChI is InChI=1S/C47H30N4O/c1-4-10-41-31(7-1)19-28-43(48-41)33-13-21-36(22-14-33)51(37-23-15-34(16-24-37)44-29-20-32-8-2-5-11-42(32)49-44)38-25-17-35(18-26-38)45-30-27-40-39-9-3-6-12-46(39)52-47(40)50-45/h1-30H. The fourth-order valence-electron chi connectivity index (χ4n) is 7.01. The first-order valence-corrected chi connectivity index (χ1v) is 17.3. The Morgan fingerprint density at radius 1 is 0.346 bits per heavy atom. The van der Waals surface area contributed by atoms with Crippen molar-refractivity contribution in [2.24, 2.45) is 0 Å². The number of furan rings is 1. The monoisotopic (exact) mass is 666 g/mol. The molecule has 0 bridgehead atoms. The molecule has 0 saturated heterocycles. The summed E-state index contributed by atoms with van der Waals surface area (Å²) in [6, 6.07) is 62.9. The van der Waals surface area contributed by atoms with Crippen molar-refractivity contribution in [3.63, 3.8) is 0 Å². The van der Waals surface area contributed by atoms with Gasteiger partial charge in [0, 0.05) is 55.3 Å². The van der Waals surface area contributed by atoms with E-state index in [2.05, 4.69) is 144 Å². The first-order chi connectivity index (χ1) is 25.7. The zero-order chi connectivity index (χ0) is 34.4. The summed E-state index contributed by atoms with van der Waals surface area (Å²) in [6.45, 7) is 0. The third-order valence-electron chi connectivity index (χ3n) is 9.70. The highest BCUT2D eigenvalue weighted by Crippen LogP contribution is 2.38. The van der Waals surface area contributed by atoms with Gasteiger partial charge in [-0.15, -0.1) is 0 Å². The van der Waals surface area contributed by atoms with Crippen LogP contribution in [0.1, 0.15) is 0 Å². The molecule has 0 radical (unpaired) electrons. The summed E-state index contributed by atoms with van der Waals surface area (Å²) >= 11 is 0. The van der Waals surface area contributed by atoms with Crippen LogP contribution < -0.4 is 4.90 Å². The molecule has 10 aromatic rings. The minimum absolute atomic E-state index is 0.645. The van der Waals surface area contributed by atoms with E-state index in [4.69, 9.17) is 19.4 Å². The predicted molar refractivity (Wildman–Crippen MR) is 213 cm³/mol. The number of hydrogen-bond donors (Lipinski definition) is 0. The van der Waals surface area contributed by atoms with Crippen LogP contribution in [0.4, 0.5) is 17.1 Å². The van der Waals surface area contributed by atoms with E-state index in [0.717, 1.165) is 89.0 Å². The minimum Gasteiger partial charge on any atom is -0.438 e. The second-order valence-electron chi connectivity index (χ2n) is 12.9. The fraction of sp³-hybridized carbons (Fsp3) is 0. The Morgan fingerprint density at radius 2 is 0.788 bits per heavy atom. The predicted octanol–water partition coefficient (Wildman–Crippen LogP) is 12.5. The van der Waals surface area contributed by atoms with Crippen molar-refractivity contribution in [1.29, 1.82) is 0 Å². The van der Waals surface area contributed by atoms with E-state index >= 15 is 0 Å². The maximum atomic E-state index is 6.09. The number of nitrogens with zero attached hydrogens (tertiary/aromatic N) is 4. The molecular formula is C47H30N4O. The fourth-order valence-corrected chi connectivity index (χ4v) is 7.01. The van der Waals surface area contributed by atoms with Gasteiger partial charge in [0.15, 0.2) is 0 Å². The summed E-state index contributed by atoms with van der Waals surface area (Å²) in [5, 5.41) is 4.36. The number of para-hydroxylation sites is 3. The molecule has 0 amide bonds. The van der Waals surface area contributed by atoms with Crippen molar-refractivity contribution in [3.05, 3.63) is 182 Å². The van der Waals surface area contributed by atoms with Crippen LogP contribution in [-0.4, -0.2) is 15.0 Å². The van der Waals surface area contributed by atoms with Crippen LogP contribution in [0.3, 0.4) is 0 Å². The van der Waals surface area contributed by atoms with Crippen LogP contribution in [0, 0.1) is 0 Å². The molecule has 244 valence electrons. The molecule has 0 fully saturated rings. The van der Waals surface area contributed by atoms with E-state index in [0.29, 0.717) is 5.71 Å². The Bertz CT molecular complexity index is 2770. The molecule has 5 heteroatoms. The lowest BCUT2D eigenvalue weighted by Gasteiger charge is -2.26. The van der Waals surface area contributed by atoms with Crippen molar-refractivity contribution >= 4 is 60.9 Å². The minimum atomic E-state index is 0.645. The van der Waals surface area contributed by atoms with Crippen LogP contribution in [0.15, 0.2) is 186 Å². The third kappa shape index (κ3) is 5.32. The number of fused-ring (bicyclic) bond motifs is 5. The molecule has 0 spiro atoms. The molecule has 5 nitrogen and oxygen atoms in total. The molecule has 52 heavy (non-hydrogen) atoms. The van der Waals surface area contributed by atoms with Gasteiger partial charge in [-0.25, -0.2) is 15.0 Å². The first-order valence-electron chi connectivity index (χ1n) is 17.3. The Morgan fingerprint density at radius 3 is 1.33 bits per heavy atom. The van der Waals surface area contributed by atoms with E-state index in [1.165, 1.54) is 0 Å². The van der Waals surface area contributed by atoms with E-state index in [1.54, 1.807) is 0 Å². The molecule has 0 aliphatic carbocycles. The van der Waals surface area contributed by atoms with Crippen LogP contribution in [-0.2, 0) is 0 Å². The quantitative estimate of drug-likeness (QED) is 0.177. The second kappa shape index (κ2) is 12.3. The van der Waals surface area contributed by atoms with Crippen molar-refractivity contribution in [2.75, 3.05) is 4.90 Å². The number of benzene rings is 6. The summed E-state index contributed by atoms with van der Waals surface area (Å²) in [4.78, 5) is 17.0. The van der Waals surface area contributed by atoms with Gasteiger partial charge in [-0.1, -0.05) is 103 Å². The lowest BCUT2D eigenvalue weighted by atomic mass is 10.1. The summed E-state index contributed by atoms with van der Waals surface area (Å²) < 4.78 is 6.09. The molecule has 0 aliphatic heterocycles. The van der Waals surface area contributed by atoms with Crippen LogP contribution in [0.25, 0.3) is 77.6 Å². The topological polar surface area (TPSA) is 55.1 Å². The van der Waals surface area contributed by atoms with Gasteiger partial charge in [-0.3, -0.25) is 0 Å². The normalized spacial score (nSPS) is 11.5. The Kier molecular flexibility index (Phi) is 7.07. The van der Waals surface area contributed by atoms with Gasteiger partial charge < -0.3 is 9.32 Å². The lowest BCUT2D eigenvalue weighted by Crippen LogP contribution is -2.09. The van der Waals surface area contributed by atoms with E-state index in [9.17, 15) is 0 Å². The highest BCUT2D eigenvalue weighted by molar-refractivity contribution is 6.04. The molecule has 0 aliphatic rings. The van der Waals surface area contributed by atoms with Gasteiger partial charge in [0.05, 0.1) is 28.1 Å². The maximum absolute atomic E-state index is 6.09. The molecule has 0 N–H and O–H groups in total. The van der Waals surface area contributed by atoms with Gasteiger partial charge in [0.2, 0.25) is 5.71 Å². The Labute approximate surface area is 300 Å². The highest BCUT2D eigenvalue weighted by atomic mass is 16.3. The van der Waals surface area contributed by atoms with Gasteiger partial charge in [-0.05, 0) is 78.9 Å². The molecule has 6 aromatic carbocycles. The van der Waals surface area contributed by atoms with Gasteiger partial charge in [0.1, 0.15) is 5.58 Å². The number of rotatable bonds is 6. The summed E-state index contributed by atoms with van der Waals surface area (Å²) in [5.41, 5.74) is 12.5. The summed E-state index contributed by atoms with van der Waals surface area (Å²) in [5.74, 6) is 0. The van der Waals surface area contributed by atoms with Crippen molar-refractivity contribution in [2.45, 2.75) is 0 Å². The van der Waals surface area contributed by atoms with Crippen LogP contribution >= 0.6 is 0 Å². The SMILES string of the molecule is c1ccc2nc(-c3ccc(N(c4ccc(-c5ccc6ccccc6n5)cc4)c4ccc(-c5ccc6c(n5)oc5ccccc56)cc4)cc3)ccc2c1. The van der Waals surface area contributed by atoms with Gasteiger partial charge >= 0.3 is 0 Å². The number of pyridine rings is 3. The van der Waals surface area contributed by atoms with Crippen LogP contribution in [0.2, 0.25) is 0 Å². The molecule has 10 rings (SSSR count). The van der Waals surface area contributed by atoms with E-state index in [-0.39, 0.29) is 0 Å². The molecule has 0 unspecified atom stereocenters. The average Bonchev–Trinajstić information content (AvgIpc) is 3.59. The van der Waals surface area contributed by atoms with E-state index < -0.39 is 0 Å². The van der Waals surface area contributed by atoms with Crippen molar-refractivity contribution in [1.82, 2.24) is 15.0 Å². The zero-order valence-corrected chi connectivity index (χ0v) is 28.0. The van der Waals surface area contributed by atoms with Gasteiger partial charge in [0.25, 0.3) is 0 Å². The molecule has 0 atom stereocenters. The zero-order valence-electron chi connectivity index (χ0n) is 28.0. The smallest absolute Gasteiger partial charge is 0.227 e. The molecular weight excluding hydrogens is 637 g/mol. The third-order valence-corrected chi connectivity index (χ3v) is 9.70. The van der Waals surface area contributed by atoms with Crippen molar-refractivity contribution < 1.29 is 4.42 Å². The maximum Gasteiger partial charge on any atom is 0.227 e. The highest BCUT2D eigenvalue weighted by Gasteiger charge is 2.15. The summed E-state index contributed by atoms with van der Waals surface area (Å²) in [7, 11) is 0. The number of hydrogen-bond acceptors (Lipinski definition) is 5. The van der Waals surface area contributed by atoms with E-state index in [1.807, 2.05) is 42.5 Å². The second-order valence-corrected chi connectivity index (χ2v) is 12.9. The first kappa shape index (κ1) is 29.8. The lowest BCUT2D eigenvalue weighted by molar-refractivity contribution is 0.654. The Balaban J connectivity index is 1.02. The largest absolute Gasteiger partial charge is 0.438 e. The molecule has 4 aromatic heterocycles. The Hall–Kier alpha value is -7.11. The van der Waals surface area contributed by atoms with Crippen LogP contribution in [0.5, 0.6) is 0 Å². The average molecular weight is 667 g/mol. The number of anilines is 3. The van der Waals surface area contributed by atoms with Gasteiger partial charge in [-0.2, -0.15) is 0 Å². The summed E-state index contributed by atoms with van der Waals surface area (Å²) in [6.07, 6.45) is 0. The number of aromatic nitrogens is 3. The molecule has 0 saturated carbocycles. The van der Waals surface area contributed by atoms with Crippen molar-refractivity contribution in [3.8, 4) is 33.8 Å². The molecule has 4 heterocycles.